The number of imide groups is 1. The molecule has 4 aliphatic rings. The molecule has 6 aromatic carbocycles. The van der Waals surface area contributed by atoms with Crippen molar-refractivity contribution >= 4 is 317 Å². The predicted molar refractivity (Wildman–Crippen MR) is 350 cm³/mol. The van der Waals surface area contributed by atoms with E-state index in [0.29, 0.717) is 26.8 Å². The van der Waals surface area contributed by atoms with Crippen molar-refractivity contribution in [1.82, 2.24) is 9.97 Å². The normalized spacial score (nSPS) is 15.2. The van der Waals surface area contributed by atoms with Crippen molar-refractivity contribution in [2.24, 2.45) is 0 Å². The Balaban J connectivity index is 1.08. The first kappa shape index (κ1) is 61.2. The fraction of sp³-hybridized carbons (Fsp3) is 0.0755. The zero-order valence-electron chi connectivity index (χ0n) is 39.4. The lowest BCUT2D eigenvalue weighted by atomic mass is 9.93. The number of aromatic nitrogens is 2. The molecule has 0 saturated carbocycles. The average Bonchev–Trinajstić information content (AvgIpc) is 2.19. The minimum absolute atomic E-state index is 0.00790. The Morgan fingerprint density at radius 2 is 0.771 bits per heavy atom. The molecular formula is C53H12Br8Cl10N4O8. The second kappa shape index (κ2) is 22.2. The third-order valence-corrected chi connectivity index (χ3v) is 27.8. The summed E-state index contributed by atoms with van der Waals surface area (Å²) in [6, 6.07) is 8.65. The van der Waals surface area contributed by atoms with Crippen LogP contribution < -0.4 is 14.5 Å². The molecule has 0 saturated heterocycles. The van der Waals surface area contributed by atoms with Crippen LogP contribution in [0.15, 0.2) is 72.2 Å². The van der Waals surface area contributed by atoms with Crippen molar-refractivity contribution < 1.29 is 38.3 Å². The molecule has 0 atom stereocenters. The van der Waals surface area contributed by atoms with E-state index in [4.69, 9.17) is 131 Å². The van der Waals surface area contributed by atoms with Crippen molar-refractivity contribution in [3.8, 4) is 5.75 Å². The fourth-order valence-corrected chi connectivity index (χ4v) is 18.0. The minimum Gasteiger partial charge on any atom is -0.471 e. The first-order chi connectivity index (χ1) is 39.1. The summed E-state index contributed by atoms with van der Waals surface area (Å²) in [5.74, 6) is -8.28. The van der Waals surface area contributed by atoms with Gasteiger partial charge in [-0.05, 0) is 175 Å². The summed E-state index contributed by atoms with van der Waals surface area (Å²) >= 11 is 94.2. The fourth-order valence-electron chi connectivity index (χ4n) is 10.5. The average molecular weight is 1830 g/mol. The zero-order valence-corrected chi connectivity index (χ0v) is 59.6. The van der Waals surface area contributed by atoms with Gasteiger partial charge in [0.2, 0.25) is 0 Å². The number of amides is 3. The second-order valence-electron chi connectivity index (χ2n) is 18.4. The highest BCUT2D eigenvalue weighted by Gasteiger charge is 2.49. The monoisotopic (exact) mass is 1810 g/mol. The van der Waals surface area contributed by atoms with Crippen molar-refractivity contribution in [1.29, 1.82) is 0 Å². The van der Waals surface area contributed by atoms with Gasteiger partial charge < -0.3 is 4.74 Å². The van der Waals surface area contributed by atoms with Gasteiger partial charge in [0.1, 0.15) is 11.8 Å². The first-order valence-corrected chi connectivity index (χ1v) is 32.9. The first-order valence-electron chi connectivity index (χ1n) is 22.8. The van der Waals surface area contributed by atoms with Crippen LogP contribution >= 0.6 is 243 Å². The summed E-state index contributed by atoms with van der Waals surface area (Å²) < 4.78 is 9.37. The van der Waals surface area contributed by atoms with E-state index in [0.717, 1.165) is 4.90 Å². The lowest BCUT2D eigenvalue weighted by Gasteiger charge is -2.33. The van der Waals surface area contributed by atoms with Gasteiger partial charge in [-0.25, -0.2) is 14.9 Å². The molecule has 418 valence electrons. The maximum atomic E-state index is 15.3. The number of nitrogens with zero attached hydrogens (tertiary/aromatic N) is 4. The van der Waals surface area contributed by atoms with Crippen molar-refractivity contribution in [3.05, 3.63) is 184 Å². The van der Waals surface area contributed by atoms with Gasteiger partial charge in [0.25, 0.3) is 17.7 Å². The molecule has 0 N–H and O–H groups in total. The number of halogens is 18. The van der Waals surface area contributed by atoms with E-state index in [-0.39, 0.29) is 166 Å². The quantitative estimate of drug-likeness (QED) is 0.0678. The van der Waals surface area contributed by atoms with Crippen LogP contribution in [0.4, 0.5) is 11.4 Å². The van der Waals surface area contributed by atoms with Gasteiger partial charge in [-0.15, -0.1) is 0 Å². The van der Waals surface area contributed by atoms with Crippen LogP contribution in [0.1, 0.15) is 107 Å². The molecular weight excluding hydrogens is 1810 g/mol. The van der Waals surface area contributed by atoms with Crippen LogP contribution in [-0.4, -0.2) is 57.6 Å². The minimum atomic E-state index is -1.61. The Bertz CT molecular complexity index is 4490. The SMILES string of the molecule is O=C1c2c(Cl)c(Cl)c(Cl)c(Cl)c2C(=O)C1c1ccc2c(N3COc4c(Br)c(Br)c(Br)c(Br)c4C3=O)c(Cc3cc(Cl)c4nc(C5C(=O)c6c(Cl)c(Cl)c(Cl)c(Cl)c6C5=O)ccc4c3N3C(=O)c4c(Br)c(Br)c(Br)c(Br)c4C3=O)cc(Cl)c2n1. The van der Waals surface area contributed by atoms with Gasteiger partial charge >= 0.3 is 0 Å². The summed E-state index contributed by atoms with van der Waals surface area (Å²) in [6.45, 7) is -0.427. The van der Waals surface area contributed by atoms with Gasteiger partial charge in [-0.3, -0.25) is 38.5 Å². The smallest absolute Gasteiger partial charge is 0.267 e. The molecule has 0 radical (unpaired) electrons. The number of Topliss-reactive ketones (excluding diaryl/α,β-unsaturated/α-hetero) is 4. The van der Waals surface area contributed by atoms with Crippen LogP contribution in [0.25, 0.3) is 21.8 Å². The maximum Gasteiger partial charge on any atom is 0.267 e. The number of ether oxygens (including phenoxy) is 1. The largest absolute Gasteiger partial charge is 0.471 e. The Hall–Kier alpha value is -2.03. The van der Waals surface area contributed by atoms with E-state index in [1.54, 1.807) is 0 Å². The number of fused-ring (bicyclic) bond motifs is 6. The van der Waals surface area contributed by atoms with E-state index in [9.17, 15) is 19.2 Å². The number of anilines is 2. The molecule has 2 aliphatic heterocycles. The number of carbonyl (C=O) groups is 7. The number of ketones is 4. The highest BCUT2D eigenvalue weighted by molar-refractivity contribution is 9.15. The van der Waals surface area contributed by atoms with Crippen LogP contribution in [0.5, 0.6) is 5.75 Å². The number of pyridine rings is 2. The molecule has 12 rings (SSSR count). The van der Waals surface area contributed by atoms with Crippen LogP contribution in [0.2, 0.25) is 50.2 Å². The molecule has 83 heavy (non-hydrogen) atoms. The van der Waals surface area contributed by atoms with Gasteiger partial charge in [0.05, 0.1) is 132 Å². The molecule has 4 heterocycles. The molecule has 8 aromatic rings. The Kier molecular flexibility index (Phi) is 16.4. The lowest BCUT2D eigenvalue weighted by Crippen LogP contribution is -2.40. The van der Waals surface area contributed by atoms with Gasteiger partial charge in [0, 0.05) is 44.0 Å². The number of hydrogen-bond acceptors (Lipinski definition) is 10. The number of carbonyl (C=O) groups excluding carboxylic acids is 7. The van der Waals surface area contributed by atoms with Crippen molar-refractivity contribution in [2.45, 2.75) is 18.3 Å². The zero-order chi connectivity index (χ0) is 59.9. The summed E-state index contributed by atoms with van der Waals surface area (Å²) in [7, 11) is 0. The molecule has 0 unspecified atom stereocenters. The Morgan fingerprint density at radius 1 is 0.422 bits per heavy atom. The molecule has 12 nitrogen and oxygen atoms in total. The predicted octanol–water partition coefficient (Wildman–Crippen LogP) is 21.1. The van der Waals surface area contributed by atoms with Crippen LogP contribution in [0.3, 0.4) is 0 Å². The van der Waals surface area contributed by atoms with E-state index < -0.39 is 59.4 Å². The summed E-state index contributed by atoms with van der Waals surface area (Å²) in [6.07, 6.45) is -0.297. The molecule has 2 aliphatic carbocycles. The topological polar surface area (TPSA) is 161 Å². The van der Waals surface area contributed by atoms with Crippen molar-refractivity contribution in [2.75, 3.05) is 16.5 Å². The third kappa shape index (κ3) is 8.96. The number of benzene rings is 6. The molecule has 3 amide bonds. The summed E-state index contributed by atoms with van der Waals surface area (Å²) in [5, 5.41) is -1.90. The van der Waals surface area contributed by atoms with Crippen molar-refractivity contribution in [3.63, 3.8) is 0 Å². The number of rotatable bonds is 6. The van der Waals surface area contributed by atoms with Gasteiger partial charge in [-0.1, -0.05) is 116 Å². The highest BCUT2D eigenvalue weighted by Crippen LogP contribution is 2.54. The third-order valence-electron chi connectivity index (χ3n) is 14.2. The molecule has 2 aromatic heterocycles. The standard InChI is InChI=1S/C53H12Br8Cl10N4O8/c54-26-19-20(27(55)30(58)29(26)57)53(82)75(52(19)81)45-10(7-14(63)43-12(45)2-4-16(73-43)18-48(78)23-24(49(18)79)37(67)41(71)40(70)36(23)66)5-9-6-13(62)42-11(44(9)74-8-83-50-25(51(74)80)28(56)31(59)32(60)33(50)61)1-3-15(72-42)17-46(76)21-22(47(17)77)35(65)39(69)38(68)34(21)64/h1-4,6-7,17-18H,5,8H2. The molecule has 0 spiro atoms. The maximum absolute atomic E-state index is 15.3. The lowest BCUT2D eigenvalue weighted by molar-refractivity contribution is 0.0872. The molecule has 30 heteroatoms. The van der Waals surface area contributed by atoms with Gasteiger partial charge in [-0.2, -0.15) is 0 Å². The van der Waals surface area contributed by atoms with E-state index >= 15 is 14.4 Å². The second-order valence-corrected chi connectivity index (χ2v) is 28.6. The van der Waals surface area contributed by atoms with Crippen LogP contribution in [-0.2, 0) is 6.42 Å². The van der Waals surface area contributed by atoms with Crippen LogP contribution in [0, 0.1) is 0 Å². The summed E-state index contributed by atoms with van der Waals surface area (Å²) in [5.41, 5.74) is -0.686. The Morgan fingerprint density at radius 3 is 1.17 bits per heavy atom. The molecule has 0 bridgehead atoms. The summed E-state index contributed by atoms with van der Waals surface area (Å²) in [4.78, 5) is 114. The van der Waals surface area contributed by atoms with E-state index in [1.165, 1.54) is 41.3 Å². The van der Waals surface area contributed by atoms with E-state index in [1.807, 2.05) is 0 Å². The van der Waals surface area contributed by atoms with Gasteiger partial charge in [0.15, 0.2) is 35.6 Å². The van der Waals surface area contributed by atoms with E-state index in [2.05, 4.69) is 127 Å². The molecule has 0 fully saturated rings. The number of hydrogen-bond donors (Lipinski definition) is 0. The highest BCUT2D eigenvalue weighted by atomic mass is 79.9. The Labute approximate surface area is 582 Å².